The maximum atomic E-state index is 9.94. The molecule has 0 saturated heterocycles. The van der Waals surface area contributed by atoms with Crippen molar-refractivity contribution >= 4 is 21.6 Å². The van der Waals surface area contributed by atoms with Gasteiger partial charge in [0.25, 0.3) is 0 Å². The molecule has 0 atom stereocenters. The van der Waals surface area contributed by atoms with E-state index < -0.39 is 5.66 Å². The van der Waals surface area contributed by atoms with Crippen molar-refractivity contribution in [2.75, 3.05) is 7.11 Å². The van der Waals surface area contributed by atoms with Crippen molar-refractivity contribution in [3.8, 4) is 11.5 Å². The number of ether oxygens (including phenoxy) is 1. The van der Waals surface area contributed by atoms with Crippen LogP contribution in [0.1, 0.15) is 31.9 Å². The minimum atomic E-state index is -0.470. The maximum absolute atomic E-state index is 9.94. The number of methoxy groups -OCH3 is 1. The number of nitrogens with zero attached hydrogens (tertiary/aromatic N) is 1. The number of hydrogen-bond acceptors (Lipinski definition) is 4. The van der Waals surface area contributed by atoms with E-state index >= 15 is 0 Å². The van der Waals surface area contributed by atoms with E-state index in [2.05, 4.69) is 21.2 Å². The molecule has 0 aliphatic rings. The molecule has 2 N–H and O–H groups in total. The Morgan fingerprint density at radius 1 is 1.25 bits per heavy atom. The van der Waals surface area contributed by atoms with Crippen molar-refractivity contribution in [2.24, 2.45) is 4.99 Å². The maximum Gasteiger partial charge on any atom is 0.120 e. The molecule has 0 aliphatic heterocycles. The third-order valence-electron chi connectivity index (χ3n) is 3.69. The van der Waals surface area contributed by atoms with E-state index in [1.165, 1.54) is 0 Å². The summed E-state index contributed by atoms with van der Waals surface area (Å²) in [4.78, 5) is 4.78. The Hall–Kier alpha value is -1.85. The summed E-state index contributed by atoms with van der Waals surface area (Å²) in [7, 11) is 1.65. The lowest BCUT2D eigenvalue weighted by Crippen LogP contribution is -2.37. The third kappa shape index (κ3) is 5.08. The quantitative estimate of drug-likeness (QED) is 0.713. The van der Waals surface area contributed by atoms with Crippen LogP contribution in [-0.4, -0.2) is 23.6 Å². The Kier molecular flexibility index (Phi) is 6.02. The van der Waals surface area contributed by atoms with E-state index in [4.69, 9.17) is 9.73 Å². The molecule has 2 aromatic carbocycles. The van der Waals surface area contributed by atoms with Crippen LogP contribution in [0.25, 0.3) is 0 Å². The molecule has 128 valence electrons. The number of hydrogen-bond donors (Lipinski definition) is 2. The molecule has 0 saturated carbocycles. The molecule has 0 fully saturated rings. The fraction of sp³-hybridized carbons (Fsp3) is 0.316. The first-order chi connectivity index (χ1) is 11.3. The summed E-state index contributed by atoms with van der Waals surface area (Å²) in [6.45, 7) is 6.51. The Labute approximate surface area is 151 Å². The number of phenolic OH excluding ortho intramolecular Hbond substituents is 1. The van der Waals surface area contributed by atoms with Crippen LogP contribution in [0.15, 0.2) is 51.9 Å². The van der Waals surface area contributed by atoms with Gasteiger partial charge in [-0.3, -0.25) is 10.3 Å². The van der Waals surface area contributed by atoms with Gasteiger partial charge < -0.3 is 9.84 Å². The van der Waals surface area contributed by atoms with Crippen LogP contribution < -0.4 is 10.1 Å². The largest absolute Gasteiger partial charge is 0.508 e. The Morgan fingerprint density at radius 3 is 2.71 bits per heavy atom. The molecule has 5 heteroatoms. The van der Waals surface area contributed by atoms with Crippen LogP contribution >= 0.6 is 15.9 Å². The number of aromatic hydroxyl groups is 1. The highest BCUT2D eigenvalue weighted by atomic mass is 79.9. The highest BCUT2D eigenvalue weighted by Gasteiger charge is 2.17. The molecule has 0 aliphatic carbocycles. The molecule has 4 nitrogen and oxygen atoms in total. The van der Waals surface area contributed by atoms with Crippen molar-refractivity contribution in [1.29, 1.82) is 0 Å². The van der Waals surface area contributed by atoms with Crippen LogP contribution in [0.3, 0.4) is 0 Å². The van der Waals surface area contributed by atoms with Crippen LogP contribution in [0, 0.1) is 0 Å². The molecule has 0 bridgehead atoms. The van der Waals surface area contributed by atoms with Gasteiger partial charge in [-0.1, -0.05) is 28.1 Å². The van der Waals surface area contributed by atoms with Gasteiger partial charge in [0, 0.05) is 22.3 Å². The van der Waals surface area contributed by atoms with Gasteiger partial charge in [0.2, 0.25) is 0 Å². The zero-order chi connectivity index (χ0) is 17.7. The summed E-state index contributed by atoms with van der Waals surface area (Å²) in [6.07, 6.45) is 0. The van der Waals surface area contributed by atoms with E-state index in [1.54, 1.807) is 13.2 Å². The molecule has 0 unspecified atom stereocenters. The SMILES string of the molecule is COc1cccc(/C(C)=N/C(C)(C)NCc2cc(Br)ccc2O)c1. The van der Waals surface area contributed by atoms with E-state index in [-0.39, 0.29) is 5.75 Å². The Balaban J connectivity index is 2.12. The monoisotopic (exact) mass is 390 g/mol. The van der Waals surface area contributed by atoms with Gasteiger partial charge in [0.1, 0.15) is 17.2 Å². The standard InChI is InChI=1S/C19H23BrN2O2/c1-13(14-6-5-7-17(11-14)24-4)22-19(2,3)21-12-15-10-16(20)8-9-18(15)23/h5-11,21,23H,12H2,1-4H3/b22-13+. The molecule has 0 amide bonds. The number of phenols is 1. The molecule has 0 heterocycles. The number of benzene rings is 2. The van der Waals surface area contributed by atoms with Crippen molar-refractivity contribution in [2.45, 2.75) is 33.0 Å². The van der Waals surface area contributed by atoms with Gasteiger partial charge in [0.05, 0.1) is 7.11 Å². The fourth-order valence-corrected chi connectivity index (χ4v) is 2.79. The summed E-state index contributed by atoms with van der Waals surface area (Å²) in [6, 6.07) is 13.2. The molecule has 2 aromatic rings. The molecule has 0 aromatic heterocycles. The molecule has 24 heavy (non-hydrogen) atoms. The van der Waals surface area contributed by atoms with Gasteiger partial charge in [-0.15, -0.1) is 0 Å². The fourth-order valence-electron chi connectivity index (χ4n) is 2.38. The predicted molar refractivity (Wildman–Crippen MR) is 102 cm³/mol. The van der Waals surface area contributed by atoms with E-state index in [1.807, 2.05) is 57.2 Å². The van der Waals surface area contributed by atoms with Crippen LogP contribution in [-0.2, 0) is 6.54 Å². The average molecular weight is 391 g/mol. The van der Waals surface area contributed by atoms with E-state index in [0.717, 1.165) is 27.1 Å². The summed E-state index contributed by atoms with van der Waals surface area (Å²) in [5.74, 6) is 1.09. The topological polar surface area (TPSA) is 53.8 Å². The summed E-state index contributed by atoms with van der Waals surface area (Å²) in [5.41, 5.74) is 2.30. The summed E-state index contributed by atoms with van der Waals surface area (Å²) in [5, 5.41) is 13.3. The summed E-state index contributed by atoms with van der Waals surface area (Å²) < 4.78 is 6.20. The zero-order valence-corrected chi connectivity index (χ0v) is 16.0. The molecular formula is C19H23BrN2O2. The zero-order valence-electron chi connectivity index (χ0n) is 14.4. The van der Waals surface area contributed by atoms with Crippen molar-refractivity contribution in [3.63, 3.8) is 0 Å². The Bertz CT molecular complexity index is 742. The van der Waals surface area contributed by atoms with Gasteiger partial charge >= 0.3 is 0 Å². The van der Waals surface area contributed by atoms with Crippen LogP contribution in [0.4, 0.5) is 0 Å². The average Bonchev–Trinajstić information content (AvgIpc) is 2.55. The second kappa shape index (κ2) is 7.81. The second-order valence-electron chi connectivity index (χ2n) is 6.11. The van der Waals surface area contributed by atoms with Crippen LogP contribution in [0.2, 0.25) is 0 Å². The lowest BCUT2D eigenvalue weighted by molar-refractivity contribution is 0.396. The normalized spacial score (nSPS) is 12.3. The first-order valence-corrected chi connectivity index (χ1v) is 8.53. The number of halogens is 1. The highest BCUT2D eigenvalue weighted by Crippen LogP contribution is 2.22. The predicted octanol–water partition coefficient (Wildman–Crippen LogP) is 4.50. The number of nitrogens with one attached hydrogen (secondary N) is 1. The van der Waals surface area contributed by atoms with E-state index in [0.29, 0.717) is 6.54 Å². The van der Waals surface area contributed by atoms with Crippen molar-refractivity contribution in [1.82, 2.24) is 5.32 Å². The first kappa shape index (κ1) is 18.5. The van der Waals surface area contributed by atoms with Gasteiger partial charge in [-0.05, 0) is 56.7 Å². The lowest BCUT2D eigenvalue weighted by Gasteiger charge is -2.23. The summed E-state index contributed by atoms with van der Waals surface area (Å²) >= 11 is 3.42. The van der Waals surface area contributed by atoms with Crippen LogP contribution in [0.5, 0.6) is 11.5 Å². The van der Waals surface area contributed by atoms with Gasteiger partial charge in [-0.2, -0.15) is 0 Å². The van der Waals surface area contributed by atoms with Crippen molar-refractivity contribution < 1.29 is 9.84 Å². The van der Waals surface area contributed by atoms with Crippen molar-refractivity contribution in [3.05, 3.63) is 58.1 Å². The van der Waals surface area contributed by atoms with Gasteiger partial charge in [0.15, 0.2) is 0 Å². The minimum absolute atomic E-state index is 0.273. The lowest BCUT2D eigenvalue weighted by atomic mass is 10.1. The molecule has 0 radical (unpaired) electrons. The third-order valence-corrected chi connectivity index (χ3v) is 4.18. The molecular weight excluding hydrogens is 368 g/mol. The number of rotatable bonds is 6. The highest BCUT2D eigenvalue weighted by molar-refractivity contribution is 9.10. The van der Waals surface area contributed by atoms with E-state index in [9.17, 15) is 5.11 Å². The number of aliphatic imine (C=N–C) groups is 1. The smallest absolute Gasteiger partial charge is 0.120 e. The molecule has 2 rings (SSSR count). The second-order valence-corrected chi connectivity index (χ2v) is 7.03. The van der Waals surface area contributed by atoms with Gasteiger partial charge in [-0.25, -0.2) is 0 Å². The minimum Gasteiger partial charge on any atom is -0.508 e. The first-order valence-electron chi connectivity index (χ1n) is 7.74. The Morgan fingerprint density at radius 2 is 2.00 bits per heavy atom. The molecule has 0 spiro atoms.